The predicted molar refractivity (Wildman–Crippen MR) is 58.9 cm³/mol. The highest BCUT2D eigenvalue weighted by Crippen LogP contribution is 2.26. The molecule has 1 aromatic carbocycles. The van der Waals surface area contributed by atoms with Crippen molar-refractivity contribution in [2.45, 2.75) is 12.8 Å². The molecule has 0 unspecified atom stereocenters. The summed E-state index contributed by atoms with van der Waals surface area (Å²) in [6.45, 7) is 1.93. The quantitative estimate of drug-likeness (QED) is 0.557. The molecule has 1 aliphatic heterocycles. The Morgan fingerprint density at radius 2 is 2.21 bits per heavy atom. The lowest BCUT2D eigenvalue weighted by atomic mass is 10.2. The lowest BCUT2D eigenvalue weighted by Gasteiger charge is -2.18. The number of benzene rings is 1. The number of anilines is 1. The van der Waals surface area contributed by atoms with Crippen LogP contribution in [0.3, 0.4) is 0 Å². The number of rotatable bonds is 3. The van der Waals surface area contributed by atoms with Crippen molar-refractivity contribution in [1.29, 1.82) is 5.41 Å². The van der Waals surface area contributed by atoms with Gasteiger partial charge >= 0.3 is 0 Å². The summed E-state index contributed by atoms with van der Waals surface area (Å²) in [4.78, 5) is 2.30. The molecule has 0 saturated carbocycles. The molecule has 0 saturated heterocycles. The Morgan fingerprint density at radius 1 is 1.43 bits per heavy atom. The van der Waals surface area contributed by atoms with Crippen LogP contribution in [0.25, 0.3) is 0 Å². The number of nitrogens with two attached hydrogens (primary N) is 1. The Morgan fingerprint density at radius 3 is 3.00 bits per heavy atom. The summed E-state index contributed by atoms with van der Waals surface area (Å²) in [5.74, 6) is 0.273. The van der Waals surface area contributed by atoms with E-state index in [1.54, 1.807) is 0 Å². The maximum absolute atomic E-state index is 7.19. The number of amidine groups is 1. The Balaban J connectivity index is 2.07. The van der Waals surface area contributed by atoms with Crippen LogP contribution in [-0.4, -0.2) is 18.9 Å². The lowest BCUT2D eigenvalue weighted by molar-refractivity contribution is 0.835. The summed E-state index contributed by atoms with van der Waals surface area (Å²) in [6, 6.07) is 8.45. The summed E-state index contributed by atoms with van der Waals surface area (Å²) in [5.41, 5.74) is 8.07. The molecular weight excluding hydrogens is 174 g/mol. The van der Waals surface area contributed by atoms with E-state index in [9.17, 15) is 0 Å². The summed E-state index contributed by atoms with van der Waals surface area (Å²) in [6.07, 6.45) is 1.78. The molecule has 0 amide bonds. The topological polar surface area (TPSA) is 53.1 Å². The molecule has 0 bridgehead atoms. The van der Waals surface area contributed by atoms with Gasteiger partial charge in [0.05, 0.1) is 5.84 Å². The van der Waals surface area contributed by atoms with Gasteiger partial charge in [0.15, 0.2) is 0 Å². The number of para-hydroxylation sites is 1. The molecule has 0 aromatic heterocycles. The first kappa shape index (κ1) is 9.06. The van der Waals surface area contributed by atoms with Crippen molar-refractivity contribution < 1.29 is 0 Å². The van der Waals surface area contributed by atoms with E-state index in [2.05, 4.69) is 29.2 Å². The number of nitrogens with zero attached hydrogens (tertiary/aromatic N) is 1. The van der Waals surface area contributed by atoms with E-state index in [0.717, 1.165) is 19.5 Å². The van der Waals surface area contributed by atoms with Crippen molar-refractivity contribution in [3.63, 3.8) is 0 Å². The molecule has 3 N–H and O–H groups in total. The number of nitrogens with one attached hydrogen (secondary N) is 1. The molecule has 1 aliphatic rings. The highest BCUT2D eigenvalue weighted by Gasteiger charge is 2.17. The zero-order valence-electron chi connectivity index (χ0n) is 8.16. The lowest BCUT2D eigenvalue weighted by Crippen LogP contribution is -2.25. The van der Waals surface area contributed by atoms with Gasteiger partial charge in [-0.2, -0.15) is 0 Å². The van der Waals surface area contributed by atoms with Crippen LogP contribution in [0.2, 0.25) is 0 Å². The molecule has 3 heteroatoms. The summed E-state index contributed by atoms with van der Waals surface area (Å²) >= 11 is 0. The van der Waals surface area contributed by atoms with Gasteiger partial charge in [0.2, 0.25) is 0 Å². The van der Waals surface area contributed by atoms with Gasteiger partial charge in [-0.05, 0) is 18.1 Å². The van der Waals surface area contributed by atoms with E-state index in [-0.39, 0.29) is 5.84 Å². The van der Waals surface area contributed by atoms with Crippen LogP contribution in [0.1, 0.15) is 12.0 Å². The van der Waals surface area contributed by atoms with E-state index >= 15 is 0 Å². The van der Waals surface area contributed by atoms with Crippen LogP contribution in [0.5, 0.6) is 0 Å². The van der Waals surface area contributed by atoms with Gasteiger partial charge in [0.1, 0.15) is 0 Å². The predicted octanol–water partition coefficient (Wildman–Crippen LogP) is 1.38. The van der Waals surface area contributed by atoms with Crippen LogP contribution in [0, 0.1) is 5.41 Å². The van der Waals surface area contributed by atoms with E-state index in [1.807, 2.05) is 0 Å². The number of hydrogen-bond acceptors (Lipinski definition) is 2. The van der Waals surface area contributed by atoms with Crippen LogP contribution in [0.15, 0.2) is 24.3 Å². The Bertz CT molecular complexity index is 346. The molecular formula is C11H15N3. The highest BCUT2D eigenvalue weighted by molar-refractivity contribution is 5.77. The van der Waals surface area contributed by atoms with E-state index in [4.69, 9.17) is 11.1 Å². The molecule has 0 radical (unpaired) electrons. The SMILES string of the molecule is N=C(N)CCN1CCc2ccccc21. The minimum atomic E-state index is 0.273. The molecule has 0 aliphatic carbocycles. The van der Waals surface area contributed by atoms with Crippen molar-refractivity contribution in [3.8, 4) is 0 Å². The normalized spacial score (nSPS) is 14.1. The Hall–Kier alpha value is -1.51. The summed E-state index contributed by atoms with van der Waals surface area (Å²) in [5, 5.41) is 7.19. The Labute approximate surface area is 84.0 Å². The average Bonchev–Trinajstić information content (AvgIpc) is 2.58. The monoisotopic (exact) mass is 189 g/mol. The molecule has 1 aromatic rings. The van der Waals surface area contributed by atoms with Crippen molar-refractivity contribution in [1.82, 2.24) is 0 Å². The van der Waals surface area contributed by atoms with Gasteiger partial charge in [-0.1, -0.05) is 18.2 Å². The van der Waals surface area contributed by atoms with Gasteiger partial charge < -0.3 is 10.6 Å². The van der Waals surface area contributed by atoms with Crippen LogP contribution >= 0.6 is 0 Å². The fourth-order valence-electron chi connectivity index (χ4n) is 1.89. The second-order valence-corrected chi connectivity index (χ2v) is 3.64. The molecule has 0 atom stereocenters. The molecule has 3 nitrogen and oxygen atoms in total. The van der Waals surface area contributed by atoms with Crippen molar-refractivity contribution in [3.05, 3.63) is 29.8 Å². The molecule has 14 heavy (non-hydrogen) atoms. The van der Waals surface area contributed by atoms with Crippen LogP contribution < -0.4 is 10.6 Å². The van der Waals surface area contributed by atoms with Gasteiger partial charge in [0, 0.05) is 25.2 Å². The zero-order valence-corrected chi connectivity index (χ0v) is 8.16. The van der Waals surface area contributed by atoms with Crippen LogP contribution in [-0.2, 0) is 6.42 Å². The van der Waals surface area contributed by atoms with E-state index < -0.39 is 0 Å². The average molecular weight is 189 g/mol. The molecule has 1 heterocycles. The third-order valence-corrected chi connectivity index (χ3v) is 2.63. The zero-order chi connectivity index (χ0) is 9.97. The third kappa shape index (κ3) is 1.71. The van der Waals surface area contributed by atoms with E-state index in [1.165, 1.54) is 11.3 Å². The first-order chi connectivity index (χ1) is 6.77. The molecule has 0 fully saturated rings. The third-order valence-electron chi connectivity index (χ3n) is 2.63. The summed E-state index contributed by atoms with van der Waals surface area (Å²) < 4.78 is 0. The van der Waals surface area contributed by atoms with Gasteiger partial charge in [-0.15, -0.1) is 0 Å². The standard InChI is InChI=1S/C11H15N3/c12-11(13)6-8-14-7-5-9-3-1-2-4-10(9)14/h1-4H,5-8H2,(H3,12,13). The molecule has 74 valence electrons. The molecule has 2 rings (SSSR count). The maximum atomic E-state index is 7.19. The molecule has 0 spiro atoms. The van der Waals surface area contributed by atoms with Gasteiger partial charge in [0.25, 0.3) is 0 Å². The number of fused-ring (bicyclic) bond motifs is 1. The largest absolute Gasteiger partial charge is 0.388 e. The second kappa shape index (κ2) is 3.70. The summed E-state index contributed by atoms with van der Waals surface area (Å²) in [7, 11) is 0. The minimum absolute atomic E-state index is 0.273. The maximum Gasteiger partial charge on any atom is 0.0923 e. The Kier molecular flexibility index (Phi) is 2.39. The number of hydrogen-bond donors (Lipinski definition) is 2. The van der Waals surface area contributed by atoms with Gasteiger partial charge in [-0.3, -0.25) is 5.41 Å². The highest BCUT2D eigenvalue weighted by atomic mass is 15.1. The second-order valence-electron chi connectivity index (χ2n) is 3.64. The fourth-order valence-corrected chi connectivity index (χ4v) is 1.89. The first-order valence-corrected chi connectivity index (χ1v) is 4.93. The van der Waals surface area contributed by atoms with Gasteiger partial charge in [-0.25, -0.2) is 0 Å². The van der Waals surface area contributed by atoms with Crippen LogP contribution in [0.4, 0.5) is 5.69 Å². The first-order valence-electron chi connectivity index (χ1n) is 4.93. The fraction of sp³-hybridized carbons (Fsp3) is 0.364. The van der Waals surface area contributed by atoms with Crippen molar-refractivity contribution in [2.24, 2.45) is 5.73 Å². The smallest absolute Gasteiger partial charge is 0.0923 e. The van der Waals surface area contributed by atoms with Crippen molar-refractivity contribution in [2.75, 3.05) is 18.0 Å². The van der Waals surface area contributed by atoms with Crippen molar-refractivity contribution >= 4 is 11.5 Å². The minimum Gasteiger partial charge on any atom is -0.388 e. The van der Waals surface area contributed by atoms with E-state index in [0.29, 0.717) is 6.42 Å².